The Hall–Kier alpha value is -2.09. The molecule has 0 atom stereocenters. The number of hydrogen-bond acceptors (Lipinski definition) is 1. The summed E-state index contributed by atoms with van der Waals surface area (Å²) >= 11 is 0. The van der Waals surface area contributed by atoms with Crippen molar-refractivity contribution in [2.75, 3.05) is 5.32 Å². The second-order valence-corrected chi connectivity index (χ2v) is 4.18. The highest BCUT2D eigenvalue weighted by Crippen LogP contribution is 2.08. The van der Waals surface area contributed by atoms with Gasteiger partial charge >= 0.3 is 0 Å². The second-order valence-electron chi connectivity index (χ2n) is 4.18. The van der Waals surface area contributed by atoms with Gasteiger partial charge in [0, 0.05) is 12.1 Å². The molecule has 1 radical (unpaired) electrons. The second kappa shape index (κ2) is 6.60. The number of benzene rings is 2. The van der Waals surface area contributed by atoms with Gasteiger partial charge in [0.15, 0.2) is 0 Å². The maximum Gasteiger partial charge on any atom is 0.224 e. The Morgan fingerprint density at radius 3 is 2.50 bits per heavy atom. The third kappa shape index (κ3) is 4.06. The van der Waals surface area contributed by atoms with Crippen LogP contribution in [0.5, 0.6) is 0 Å². The van der Waals surface area contributed by atoms with Gasteiger partial charge in [-0.2, -0.15) is 0 Å². The average Bonchev–Trinajstić information content (AvgIpc) is 2.41. The molecule has 0 saturated heterocycles. The SMILES string of the molecule is O=C(CCCc1ccccc1)Nc1cc[c]cc1. The Bertz CT molecular complexity index is 479. The quantitative estimate of drug-likeness (QED) is 0.849. The zero-order chi connectivity index (χ0) is 12.6. The Balaban J connectivity index is 1.73. The van der Waals surface area contributed by atoms with Crippen LogP contribution in [-0.2, 0) is 11.2 Å². The Morgan fingerprint density at radius 2 is 1.78 bits per heavy atom. The summed E-state index contributed by atoms with van der Waals surface area (Å²) in [4.78, 5) is 11.7. The van der Waals surface area contributed by atoms with E-state index in [1.54, 1.807) is 12.1 Å². The van der Waals surface area contributed by atoms with Crippen LogP contribution in [0.4, 0.5) is 5.69 Å². The lowest BCUT2D eigenvalue weighted by Crippen LogP contribution is -2.11. The number of hydrogen-bond donors (Lipinski definition) is 1. The molecule has 0 unspecified atom stereocenters. The summed E-state index contributed by atoms with van der Waals surface area (Å²) in [5.41, 5.74) is 2.11. The number of carbonyl (C=O) groups excluding carboxylic acids is 1. The molecule has 18 heavy (non-hydrogen) atoms. The fourth-order valence-corrected chi connectivity index (χ4v) is 1.79. The van der Waals surface area contributed by atoms with E-state index in [1.807, 2.05) is 30.3 Å². The molecule has 0 spiro atoms. The van der Waals surface area contributed by atoms with Crippen LogP contribution >= 0.6 is 0 Å². The van der Waals surface area contributed by atoms with E-state index in [-0.39, 0.29) is 5.91 Å². The molecule has 1 amide bonds. The molecule has 2 heteroatoms. The van der Waals surface area contributed by atoms with Gasteiger partial charge in [-0.05, 0) is 36.6 Å². The molecule has 0 saturated carbocycles. The van der Waals surface area contributed by atoms with E-state index >= 15 is 0 Å². The summed E-state index contributed by atoms with van der Waals surface area (Å²) in [6.45, 7) is 0. The molecule has 2 nitrogen and oxygen atoms in total. The van der Waals surface area contributed by atoms with Gasteiger partial charge in [0.1, 0.15) is 0 Å². The zero-order valence-electron chi connectivity index (χ0n) is 10.2. The van der Waals surface area contributed by atoms with Crippen molar-refractivity contribution >= 4 is 11.6 Å². The molecular weight excluding hydrogens is 222 g/mol. The molecule has 0 fully saturated rings. The maximum atomic E-state index is 11.7. The molecule has 0 bridgehead atoms. The number of anilines is 1. The van der Waals surface area contributed by atoms with Crippen LogP contribution in [0.1, 0.15) is 18.4 Å². The van der Waals surface area contributed by atoms with Gasteiger partial charge < -0.3 is 5.32 Å². The molecular formula is C16H16NO. The summed E-state index contributed by atoms with van der Waals surface area (Å²) < 4.78 is 0. The largest absolute Gasteiger partial charge is 0.326 e. The van der Waals surface area contributed by atoms with Crippen LogP contribution in [0.2, 0.25) is 0 Å². The smallest absolute Gasteiger partial charge is 0.224 e. The minimum absolute atomic E-state index is 0.0668. The summed E-state index contributed by atoms with van der Waals surface area (Å²) in [5, 5.41) is 2.87. The van der Waals surface area contributed by atoms with Crippen LogP contribution in [0, 0.1) is 6.07 Å². The summed E-state index contributed by atoms with van der Waals surface area (Å²) in [5.74, 6) is 0.0668. The van der Waals surface area contributed by atoms with Gasteiger partial charge in [-0.15, -0.1) is 0 Å². The van der Waals surface area contributed by atoms with Crippen molar-refractivity contribution in [2.45, 2.75) is 19.3 Å². The average molecular weight is 238 g/mol. The third-order valence-electron chi connectivity index (χ3n) is 2.71. The van der Waals surface area contributed by atoms with Gasteiger partial charge in [-0.1, -0.05) is 42.5 Å². The normalized spacial score (nSPS) is 10.0. The predicted octanol–water partition coefficient (Wildman–Crippen LogP) is 3.45. The minimum Gasteiger partial charge on any atom is -0.326 e. The minimum atomic E-state index is 0.0668. The molecule has 1 N–H and O–H groups in total. The van der Waals surface area contributed by atoms with Gasteiger partial charge in [0.2, 0.25) is 5.91 Å². The number of rotatable bonds is 5. The standard InChI is InChI=1S/C16H16NO/c18-16(17-15-11-5-2-6-12-15)13-7-10-14-8-3-1-4-9-14/h1,3-6,8-9,11-12H,7,10,13H2,(H,17,18). The van der Waals surface area contributed by atoms with E-state index in [4.69, 9.17) is 0 Å². The van der Waals surface area contributed by atoms with Crippen LogP contribution in [0.3, 0.4) is 0 Å². The van der Waals surface area contributed by atoms with Crippen molar-refractivity contribution in [2.24, 2.45) is 0 Å². The number of carbonyl (C=O) groups is 1. The lowest BCUT2D eigenvalue weighted by molar-refractivity contribution is -0.116. The van der Waals surface area contributed by atoms with Gasteiger partial charge in [0.05, 0.1) is 0 Å². The van der Waals surface area contributed by atoms with E-state index in [9.17, 15) is 4.79 Å². The maximum absolute atomic E-state index is 11.7. The van der Waals surface area contributed by atoms with Crippen LogP contribution in [-0.4, -0.2) is 5.91 Å². The van der Waals surface area contributed by atoms with E-state index in [2.05, 4.69) is 23.5 Å². The molecule has 2 aromatic rings. The fraction of sp³-hybridized carbons (Fsp3) is 0.188. The monoisotopic (exact) mass is 238 g/mol. The van der Waals surface area contributed by atoms with E-state index < -0.39 is 0 Å². The molecule has 2 aromatic carbocycles. The Labute approximate surface area is 108 Å². The number of nitrogens with one attached hydrogen (secondary N) is 1. The molecule has 0 aliphatic rings. The highest BCUT2D eigenvalue weighted by molar-refractivity contribution is 5.90. The highest BCUT2D eigenvalue weighted by atomic mass is 16.1. The van der Waals surface area contributed by atoms with Crippen molar-refractivity contribution in [3.8, 4) is 0 Å². The Kier molecular flexibility index (Phi) is 4.53. The van der Waals surface area contributed by atoms with Gasteiger partial charge in [-0.25, -0.2) is 0 Å². The topological polar surface area (TPSA) is 29.1 Å². The van der Waals surface area contributed by atoms with E-state index in [1.165, 1.54) is 5.56 Å². The lowest BCUT2D eigenvalue weighted by Gasteiger charge is -2.04. The van der Waals surface area contributed by atoms with Crippen LogP contribution < -0.4 is 5.32 Å². The molecule has 0 aliphatic carbocycles. The fourth-order valence-electron chi connectivity index (χ4n) is 1.79. The van der Waals surface area contributed by atoms with E-state index in [0.717, 1.165) is 18.5 Å². The summed E-state index contributed by atoms with van der Waals surface area (Å²) in [6, 6.07) is 20.4. The van der Waals surface area contributed by atoms with Gasteiger partial charge in [0.25, 0.3) is 0 Å². The number of amides is 1. The van der Waals surface area contributed by atoms with Gasteiger partial charge in [-0.3, -0.25) is 4.79 Å². The lowest BCUT2D eigenvalue weighted by atomic mass is 10.1. The third-order valence-corrected chi connectivity index (χ3v) is 2.71. The first-order valence-corrected chi connectivity index (χ1v) is 6.14. The molecule has 91 valence electrons. The number of aryl methyl sites for hydroxylation is 1. The molecule has 0 aromatic heterocycles. The first kappa shape index (κ1) is 12.4. The zero-order valence-corrected chi connectivity index (χ0v) is 10.2. The van der Waals surface area contributed by atoms with E-state index in [0.29, 0.717) is 6.42 Å². The Morgan fingerprint density at radius 1 is 1.06 bits per heavy atom. The molecule has 0 aliphatic heterocycles. The van der Waals surface area contributed by atoms with Crippen molar-refractivity contribution in [3.05, 3.63) is 66.2 Å². The van der Waals surface area contributed by atoms with Crippen LogP contribution in [0.25, 0.3) is 0 Å². The predicted molar refractivity (Wildman–Crippen MR) is 73.3 cm³/mol. The van der Waals surface area contributed by atoms with Crippen molar-refractivity contribution in [1.82, 2.24) is 0 Å². The molecule has 0 heterocycles. The van der Waals surface area contributed by atoms with Crippen molar-refractivity contribution in [1.29, 1.82) is 0 Å². The highest BCUT2D eigenvalue weighted by Gasteiger charge is 2.01. The van der Waals surface area contributed by atoms with Crippen molar-refractivity contribution in [3.63, 3.8) is 0 Å². The first-order valence-electron chi connectivity index (χ1n) is 6.14. The van der Waals surface area contributed by atoms with Crippen LogP contribution in [0.15, 0.2) is 54.6 Å². The molecule has 2 rings (SSSR count). The summed E-state index contributed by atoms with van der Waals surface area (Å²) in [7, 11) is 0. The first-order chi connectivity index (χ1) is 8.84. The van der Waals surface area contributed by atoms with Crippen molar-refractivity contribution < 1.29 is 4.79 Å². The summed E-state index contributed by atoms with van der Waals surface area (Å²) in [6.07, 6.45) is 2.36.